The molecule has 0 radical (unpaired) electrons. The molecule has 1 heterocycles. The Morgan fingerprint density at radius 3 is 2.55 bits per heavy atom. The summed E-state index contributed by atoms with van der Waals surface area (Å²) in [6.07, 6.45) is 0. The van der Waals surface area contributed by atoms with Crippen LogP contribution in [-0.2, 0) is 10.0 Å². The molecule has 1 aliphatic heterocycles. The molecule has 1 aromatic rings. The number of anilines is 1. The summed E-state index contributed by atoms with van der Waals surface area (Å²) in [4.78, 5) is 0.389. The van der Waals surface area contributed by atoms with E-state index in [1.54, 1.807) is 11.2 Å². The fourth-order valence-corrected chi connectivity index (χ4v) is 5.91. The van der Waals surface area contributed by atoms with Gasteiger partial charge in [-0.25, -0.2) is 8.42 Å². The highest BCUT2D eigenvalue weighted by molar-refractivity contribution is 8.00. The highest BCUT2D eigenvalue weighted by Gasteiger charge is 2.32. The molecule has 0 amide bonds. The first kappa shape index (κ1) is 15.7. The third kappa shape index (κ3) is 2.69. The van der Waals surface area contributed by atoms with E-state index < -0.39 is 10.0 Å². The van der Waals surface area contributed by atoms with Crippen LogP contribution in [0.4, 0.5) is 5.69 Å². The lowest BCUT2D eigenvalue weighted by molar-refractivity contribution is 0.423. The van der Waals surface area contributed by atoms with Crippen LogP contribution in [0, 0.1) is 20.8 Å². The van der Waals surface area contributed by atoms with Crippen molar-refractivity contribution in [3.8, 4) is 0 Å². The van der Waals surface area contributed by atoms with Gasteiger partial charge in [0, 0.05) is 29.8 Å². The minimum Gasteiger partial charge on any atom is -0.398 e. The van der Waals surface area contributed by atoms with Crippen molar-refractivity contribution in [2.75, 3.05) is 24.6 Å². The fraction of sp³-hybridized carbons (Fsp3) is 0.571. The lowest BCUT2D eigenvalue weighted by atomic mass is 10.1. The second-order valence-corrected chi connectivity index (χ2v) is 8.84. The minimum atomic E-state index is -3.46. The second kappa shape index (κ2) is 5.58. The average molecular weight is 314 g/mol. The average Bonchev–Trinajstić information content (AvgIpc) is 2.36. The first-order chi connectivity index (χ1) is 9.25. The van der Waals surface area contributed by atoms with Crippen LogP contribution in [0.2, 0.25) is 0 Å². The zero-order valence-electron chi connectivity index (χ0n) is 12.4. The Kier molecular flexibility index (Phi) is 4.37. The first-order valence-electron chi connectivity index (χ1n) is 6.73. The Labute approximate surface area is 125 Å². The van der Waals surface area contributed by atoms with Gasteiger partial charge in [-0.15, -0.1) is 0 Å². The Balaban J connectivity index is 2.52. The molecule has 2 N–H and O–H groups in total. The maximum absolute atomic E-state index is 12.9. The summed E-state index contributed by atoms with van der Waals surface area (Å²) in [7, 11) is -3.46. The quantitative estimate of drug-likeness (QED) is 0.851. The molecular formula is C14H22N2O2S2. The van der Waals surface area contributed by atoms with Crippen molar-refractivity contribution in [1.82, 2.24) is 4.31 Å². The molecule has 0 saturated carbocycles. The molecule has 20 heavy (non-hydrogen) atoms. The smallest absolute Gasteiger partial charge is 0.243 e. The molecule has 4 nitrogen and oxygen atoms in total. The minimum absolute atomic E-state index is 0.335. The van der Waals surface area contributed by atoms with Gasteiger partial charge in [-0.05, 0) is 37.5 Å². The van der Waals surface area contributed by atoms with E-state index in [4.69, 9.17) is 5.73 Å². The normalized spacial score (nSPS) is 21.1. The summed E-state index contributed by atoms with van der Waals surface area (Å²) in [5.41, 5.74) is 8.98. The summed E-state index contributed by atoms with van der Waals surface area (Å²) in [5.74, 6) is 0.847. The summed E-state index contributed by atoms with van der Waals surface area (Å²) in [5, 5.41) is 0.335. The molecule has 0 spiro atoms. The molecule has 1 saturated heterocycles. The van der Waals surface area contributed by atoms with Gasteiger partial charge < -0.3 is 5.73 Å². The number of nitrogens with zero attached hydrogens (tertiary/aromatic N) is 1. The van der Waals surface area contributed by atoms with E-state index in [0.717, 1.165) is 16.9 Å². The molecule has 6 heteroatoms. The van der Waals surface area contributed by atoms with E-state index in [1.165, 1.54) is 0 Å². The van der Waals surface area contributed by atoms with Gasteiger partial charge in [0.25, 0.3) is 0 Å². The number of hydrogen-bond donors (Lipinski definition) is 1. The van der Waals surface area contributed by atoms with E-state index in [1.807, 2.05) is 31.7 Å². The zero-order chi connectivity index (χ0) is 15.1. The van der Waals surface area contributed by atoms with Crippen molar-refractivity contribution in [3.63, 3.8) is 0 Å². The van der Waals surface area contributed by atoms with Crippen LogP contribution in [0.3, 0.4) is 0 Å². The van der Waals surface area contributed by atoms with Crippen LogP contribution in [0.25, 0.3) is 0 Å². The lowest BCUT2D eigenvalue weighted by Gasteiger charge is -2.31. The van der Waals surface area contributed by atoms with Gasteiger partial charge in [-0.2, -0.15) is 16.1 Å². The topological polar surface area (TPSA) is 63.4 Å². The van der Waals surface area contributed by atoms with Crippen molar-refractivity contribution >= 4 is 27.5 Å². The summed E-state index contributed by atoms with van der Waals surface area (Å²) in [6.45, 7) is 8.75. The summed E-state index contributed by atoms with van der Waals surface area (Å²) < 4.78 is 27.4. The van der Waals surface area contributed by atoms with Crippen LogP contribution in [0.5, 0.6) is 0 Å². The number of aryl methyl sites for hydroxylation is 2. The lowest BCUT2D eigenvalue weighted by Crippen LogP contribution is -2.41. The number of nitrogens with two attached hydrogens (primary N) is 1. The van der Waals surface area contributed by atoms with Gasteiger partial charge in [0.2, 0.25) is 10.0 Å². The summed E-state index contributed by atoms with van der Waals surface area (Å²) >= 11 is 1.82. The third-order valence-corrected chi connectivity index (χ3v) is 7.05. The third-order valence-electron chi connectivity index (χ3n) is 3.76. The van der Waals surface area contributed by atoms with E-state index in [-0.39, 0.29) is 0 Å². The Hall–Kier alpha value is -0.720. The molecule has 0 bridgehead atoms. The van der Waals surface area contributed by atoms with Gasteiger partial charge in [-0.1, -0.05) is 13.0 Å². The summed E-state index contributed by atoms with van der Waals surface area (Å²) in [6, 6.07) is 1.86. The molecule has 1 unspecified atom stereocenters. The highest BCUT2D eigenvalue weighted by atomic mass is 32.2. The van der Waals surface area contributed by atoms with Crippen LogP contribution >= 0.6 is 11.8 Å². The molecule has 0 aromatic heterocycles. The fourth-order valence-electron chi connectivity index (χ4n) is 2.71. The maximum Gasteiger partial charge on any atom is 0.243 e. The number of rotatable bonds is 2. The van der Waals surface area contributed by atoms with Gasteiger partial charge in [0.05, 0.1) is 4.90 Å². The van der Waals surface area contributed by atoms with Crippen molar-refractivity contribution in [1.29, 1.82) is 0 Å². The van der Waals surface area contributed by atoms with Gasteiger partial charge in [0.1, 0.15) is 0 Å². The van der Waals surface area contributed by atoms with Gasteiger partial charge in [0.15, 0.2) is 0 Å². The van der Waals surface area contributed by atoms with Crippen LogP contribution in [0.15, 0.2) is 11.0 Å². The molecule has 1 atom stereocenters. The van der Waals surface area contributed by atoms with Crippen molar-refractivity contribution < 1.29 is 8.42 Å². The predicted molar refractivity (Wildman–Crippen MR) is 85.7 cm³/mol. The monoisotopic (exact) mass is 314 g/mol. The largest absolute Gasteiger partial charge is 0.398 e. The van der Waals surface area contributed by atoms with E-state index in [2.05, 4.69) is 6.92 Å². The van der Waals surface area contributed by atoms with Gasteiger partial charge in [-0.3, -0.25) is 0 Å². The Morgan fingerprint density at radius 2 is 1.95 bits per heavy atom. The Morgan fingerprint density at radius 1 is 1.30 bits per heavy atom. The van der Waals surface area contributed by atoms with Gasteiger partial charge >= 0.3 is 0 Å². The molecule has 1 aliphatic rings. The number of nitrogen functional groups attached to an aromatic ring is 1. The van der Waals surface area contributed by atoms with Crippen molar-refractivity contribution in [3.05, 3.63) is 22.8 Å². The van der Waals surface area contributed by atoms with Crippen molar-refractivity contribution in [2.45, 2.75) is 37.8 Å². The maximum atomic E-state index is 12.9. The van der Waals surface area contributed by atoms with Crippen molar-refractivity contribution in [2.24, 2.45) is 0 Å². The SMILES string of the molecule is Cc1cc(C)c(S(=O)(=O)N2CCSC(C)C2)c(C)c1N. The predicted octanol–water partition coefficient (Wildman–Crippen LogP) is 2.32. The number of thioether (sulfide) groups is 1. The molecule has 112 valence electrons. The molecule has 2 rings (SSSR count). The highest BCUT2D eigenvalue weighted by Crippen LogP contribution is 2.32. The standard InChI is InChI=1S/C14H22N2O2S2/c1-9-7-10(2)14(12(4)13(9)15)20(17,18)16-5-6-19-11(3)8-16/h7,11H,5-6,8,15H2,1-4H3. The Bertz CT molecular complexity index is 627. The zero-order valence-corrected chi connectivity index (χ0v) is 14.1. The molecule has 1 fully saturated rings. The van der Waals surface area contributed by atoms with Crippen LogP contribution in [-0.4, -0.2) is 36.8 Å². The molecular weight excluding hydrogens is 292 g/mol. The van der Waals surface area contributed by atoms with E-state index in [0.29, 0.717) is 34.5 Å². The molecule has 0 aliphatic carbocycles. The number of sulfonamides is 1. The van der Waals surface area contributed by atoms with Crippen LogP contribution in [0.1, 0.15) is 23.6 Å². The second-order valence-electron chi connectivity index (χ2n) is 5.42. The van der Waals surface area contributed by atoms with Crippen LogP contribution < -0.4 is 5.73 Å². The molecule has 1 aromatic carbocycles. The number of hydrogen-bond acceptors (Lipinski definition) is 4. The number of benzene rings is 1. The van der Waals surface area contributed by atoms with E-state index >= 15 is 0 Å². The van der Waals surface area contributed by atoms with E-state index in [9.17, 15) is 8.42 Å². The first-order valence-corrected chi connectivity index (χ1v) is 9.22.